The van der Waals surface area contributed by atoms with Crippen LogP contribution in [0.15, 0.2) is 24.3 Å². The first-order valence-corrected chi connectivity index (χ1v) is 8.26. The third-order valence-electron chi connectivity index (χ3n) is 5.57. The second kappa shape index (κ2) is 6.28. The van der Waals surface area contributed by atoms with Crippen LogP contribution in [0.2, 0.25) is 0 Å². The standard InChI is InChI=1S/C18H24N2O2/c1-22-16-8-3-2-6-14(16)17-15-7-4-5-9-18(15,21)10-12-20(17)13-11-19/h2-3,6,8,15,17,21H,4-5,7,9-10,12-13H2,1H3/p+1/t15-,17+,18-/m1/s1. The molecule has 4 nitrogen and oxygen atoms in total. The minimum absolute atomic E-state index is 0.148. The number of fused-ring (bicyclic) bond motifs is 1. The lowest BCUT2D eigenvalue weighted by molar-refractivity contribution is -0.938. The third-order valence-corrected chi connectivity index (χ3v) is 5.57. The quantitative estimate of drug-likeness (QED) is 0.831. The number of hydrogen-bond donors (Lipinski definition) is 2. The minimum atomic E-state index is -0.567. The SMILES string of the molecule is COc1ccccc1[C@H]1[C@H]2CCCC[C@@]2(O)CC[NH+]1CC#N. The highest BCUT2D eigenvalue weighted by Gasteiger charge is 2.52. The minimum Gasteiger partial charge on any atom is -0.496 e. The summed E-state index contributed by atoms with van der Waals surface area (Å²) in [5.41, 5.74) is 0.572. The molecule has 118 valence electrons. The van der Waals surface area contributed by atoms with Crippen LogP contribution >= 0.6 is 0 Å². The third kappa shape index (κ3) is 2.60. The molecular formula is C18H25N2O2+. The van der Waals surface area contributed by atoms with Gasteiger partial charge in [0.15, 0.2) is 6.54 Å². The first-order chi connectivity index (χ1) is 10.7. The molecular weight excluding hydrogens is 276 g/mol. The summed E-state index contributed by atoms with van der Waals surface area (Å²) in [5, 5.41) is 20.3. The number of nitrogens with zero attached hydrogens (tertiary/aromatic N) is 1. The number of piperidine rings is 1. The molecule has 1 saturated heterocycles. The van der Waals surface area contributed by atoms with Gasteiger partial charge in [-0.3, -0.25) is 0 Å². The van der Waals surface area contributed by atoms with Crippen molar-refractivity contribution in [3.63, 3.8) is 0 Å². The number of hydrogen-bond acceptors (Lipinski definition) is 3. The zero-order valence-electron chi connectivity index (χ0n) is 13.2. The molecule has 1 aliphatic carbocycles. The van der Waals surface area contributed by atoms with Gasteiger partial charge in [0.1, 0.15) is 17.9 Å². The van der Waals surface area contributed by atoms with Gasteiger partial charge in [0.25, 0.3) is 0 Å². The lowest BCUT2D eigenvalue weighted by atomic mass is 9.66. The average Bonchev–Trinajstić information content (AvgIpc) is 2.55. The van der Waals surface area contributed by atoms with Crippen LogP contribution in [0.5, 0.6) is 5.75 Å². The molecule has 0 spiro atoms. The van der Waals surface area contributed by atoms with Crippen molar-refractivity contribution in [1.29, 1.82) is 5.26 Å². The monoisotopic (exact) mass is 301 g/mol. The van der Waals surface area contributed by atoms with Gasteiger partial charge in [0.2, 0.25) is 0 Å². The number of rotatable bonds is 3. The van der Waals surface area contributed by atoms with Crippen LogP contribution < -0.4 is 9.64 Å². The van der Waals surface area contributed by atoms with Crippen molar-refractivity contribution in [3.05, 3.63) is 29.8 Å². The molecule has 2 fully saturated rings. The van der Waals surface area contributed by atoms with E-state index >= 15 is 0 Å². The number of quaternary nitrogens is 1. The summed E-state index contributed by atoms with van der Waals surface area (Å²) in [6.07, 6.45) is 5.01. The Morgan fingerprint density at radius 3 is 2.95 bits per heavy atom. The summed E-state index contributed by atoms with van der Waals surface area (Å²) in [5.74, 6) is 1.09. The molecule has 0 radical (unpaired) electrons. The molecule has 1 unspecified atom stereocenters. The molecule has 22 heavy (non-hydrogen) atoms. The first kappa shape index (κ1) is 15.3. The molecule has 2 aliphatic rings. The Morgan fingerprint density at radius 2 is 2.18 bits per heavy atom. The van der Waals surface area contributed by atoms with Crippen molar-refractivity contribution in [3.8, 4) is 11.8 Å². The predicted molar refractivity (Wildman–Crippen MR) is 83.6 cm³/mol. The second-order valence-corrected chi connectivity index (χ2v) is 6.67. The maximum absolute atomic E-state index is 11.1. The molecule has 2 N–H and O–H groups in total. The summed E-state index contributed by atoms with van der Waals surface area (Å²) in [6.45, 7) is 1.33. The van der Waals surface area contributed by atoms with Gasteiger partial charge in [-0.05, 0) is 25.0 Å². The van der Waals surface area contributed by atoms with E-state index in [9.17, 15) is 10.4 Å². The molecule has 1 aliphatic heterocycles. The number of likely N-dealkylation sites (tertiary alicyclic amines) is 1. The highest BCUT2D eigenvalue weighted by Crippen LogP contribution is 2.45. The molecule has 0 aromatic heterocycles. The summed E-state index contributed by atoms with van der Waals surface area (Å²) >= 11 is 0. The van der Waals surface area contributed by atoms with Gasteiger partial charge in [0.05, 0.1) is 24.8 Å². The fourth-order valence-electron chi connectivity index (χ4n) is 4.51. The van der Waals surface area contributed by atoms with Gasteiger partial charge in [-0.1, -0.05) is 25.0 Å². The normalized spacial score (nSPS) is 34.5. The Kier molecular flexibility index (Phi) is 4.37. The van der Waals surface area contributed by atoms with E-state index in [1.165, 1.54) is 11.3 Å². The van der Waals surface area contributed by atoms with Crippen molar-refractivity contribution < 1.29 is 14.7 Å². The number of aliphatic hydroxyl groups is 1. The summed E-state index contributed by atoms with van der Waals surface area (Å²) < 4.78 is 5.56. The Morgan fingerprint density at radius 1 is 1.36 bits per heavy atom. The topological polar surface area (TPSA) is 57.7 Å². The Bertz CT molecular complexity index is 568. The fraction of sp³-hybridized carbons (Fsp3) is 0.611. The number of para-hydroxylation sites is 1. The van der Waals surface area contributed by atoms with E-state index in [-0.39, 0.29) is 12.0 Å². The van der Waals surface area contributed by atoms with E-state index in [0.717, 1.165) is 43.5 Å². The van der Waals surface area contributed by atoms with Crippen molar-refractivity contribution >= 4 is 0 Å². The maximum atomic E-state index is 11.1. The second-order valence-electron chi connectivity index (χ2n) is 6.67. The van der Waals surface area contributed by atoms with Crippen LogP contribution in [0, 0.1) is 17.2 Å². The Balaban J connectivity index is 2.03. The molecule has 4 atom stereocenters. The van der Waals surface area contributed by atoms with Crippen molar-refractivity contribution in [1.82, 2.24) is 0 Å². The van der Waals surface area contributed by atoms with Crippen LogP contribution in [-0.2, 0) is 0 Å². The van der Waals surface area contributed by atoms with E-state index in [0.29, 0.717) is 6.54 Å². The summed E-state index contributed by atoms with van der Waals surface area (Å²) in [6, 6.07) is 10.6. The highest BCUT2D eigenvalue weighted by atomic mass is 16.5. The number of benzene rings is 1. The lowest BCUT2D eigenvalue weighted by Gasteiger charge is -2.49. The first-order valence-electron chi connectivity index (χ1n) is 8.26. The van der Waals surface area contributed by atoms with Crippen molar-refractivity contribution in [2.75, 3.05) is 20.2 Å². The van der Waals surface area contributed by atoms with Crippen molar-refractivity contribution in [2.24, 2.45) is 5.92 Å². The molecule has 1 heterocycles. The molecule has 4 heteroatoms. The van der Waals surface area contributed by atoms with Crippen LogP contribution in [0.1, 0.15) is 43.7 Å². The number of nitrogens with one attached hydrogen (secondary N) is 1. The molecule has 0 amide bonds. The number of nitriles is 1. The highest BCUT2D eigenvalue weighted by molar-refractivity contribution is 5.36. The predicted octanol–water partition coefficient (Wildman–Crippen LogP) is 1.47. The average molecular weight is 301 g/mol. The van der Waals surface area contributed by atoms with Gasteiger partial charge in [0, 0.05) is 12.3 Å². The van der Waals surface area contributed by atoms with E-state index in [1.807, 2.05) is 18.2 Å². The molecule has 0 bridgehead atoms. The zero-order valence-corrected chi connectivity index (χ0v) is 13.2. The van der Waals surface area contributed by atoms with Gasteiger partial charge in [-0.25, -0.2) is 0 Å². The van der Waals surface area contributed by atoms with E-state index < -0.39 is 5.60 Å². The Hall–Kier alpha value is -1.57. The molecule has 1 saturated carbocycles. The molecule has 1 aromatic carbocycles. The largest absolute Gasteiger partial charge is 0.496 e. The van der Waals surface area contributed by atoms with Gasteiger partial charge in [-0.15, -0.1) is 0 Å². The summed E-state index contributed by atoms with van der Waals surface area (Å²) in [4.78, 5) is 1.27. The zero-order chi connectivity index (χ0) is 15.6. The molecule has 3 rings (SSSR count). The molecule has 1 aromatic rings. The van der Waals surface area contributed by atoms with Crippen LogP contribution in [0.4, 0.5) is 0 Å². The fourth-order valence-corrected chi connectivity index (χ4v) is 4.51. The summed E-state index contributed by atoms with van der Waals surface area (Å²) in [7, 11) is 1.69. The maximum Gasteiger partial charge on any atom is 0.165 e. The van der Waals surface area contributed by atoms with Gasteiger partial charge >= 0.3 is 0 Å². The van der Waals surface area contributed by atoms with E-state index in [4.69, 9.17) is 4.74 Å². The number of methoxy groups -OCH3 is 1. The van der Waals surface area contributed by atoms with Crippen LogP contribution in [0.3, 0.4) is 0 Å². The van der Waals surface area contributed by atoms with Crippen molar-refractivity contribution in [2.45, 2.75) is 43.7 Å². The van der Waals surface area contributed by atoms with Crippen LogP contribution in [0.25, 0.3) is 0 Å². The van der Waals surface area contributed by atoms with E-state index in [2.05, 4.69) is 12.1 Å². The van der Waals surface area contributed by atoms with Gasteiger partial charge in [-0.2, -0.15) is 5.26 Å². The van der Waals surface area contributed by atoms with Crippen LogP contribution in [-0.4, -0.2) is 30.9 Å². The smallest absolute Gasteiger partial charge is 0.165 e. The lowest BCUT2D eigenvalue weighted by Crippen LogP contribution is -3.15. The number of ether oxygens (including phenoxy) is 1. The Labute approximate surface area is 132 Å². The van der Waals surface area contributed by atoms with Gasteiger partial charge < -0.3 is 14.7 Å². The van der Waals surface area contributed by atoms with E-state index in [1.54, 1.807) is 7.11 Å².